The van der Waals surface area contributed by atoms with E-state index >= 15 is 0 Å². The zero-order valence-electron chi connectivity index (χ0n) is 19.7. The summed E-state index contributed by atoms with van der Waals surface area (Å²) in [6, 6.07) is 19.9. The summed E-state index contributed by atoms with van der Waals surface area (Å²) in [5.74, 6) is 2.52. The molecule has 1 atom stereocenters. The molecular weight excluding hydrogens is 422 g/mol. The second-order valence-electron chi connectivity index (χ2n) is 10.2. The van der Waals surface area contributed by atoms with Gasteiger partial charge in [0, 0.05) is 30.6 Å². The molecule has 2 aliphatic rings. The number of anilines is 1. The second kappa shape index (κ2) is 8.44. The van der Waals surface area contributed by atoms with E-state index in [-0.39, 0.29) is 0 Å². The fourth-order valence-electron chi connectivity index (χ4n) is 5.21. The van der Waals surface area contributed by atoms with Crippen molar-refractivity contribution in [1.29, 1.82) is 0 Å². The van der Waals surface area contributed by atoms with Crippen molar-refractivity contribution in [3.05, 3.63) is 72.6 Å². The van der Waals surface area contributed by atoms with Gasteiger partial charge < -0.3 is 15.4 Å². The summed E-state index contributed by atoms with van der Waals surface area (Å²) >= 11 is 0. The number of nitrogens with two attached hydrogens (primary N) is 1. The van der Waals surface area contributed by atoms with Crippen molar-refractivity contribution in [2.45, 2.75) is 38.5 Å². The molecule has 3 heterocycles. The number of hydrogen-bond acceptors (Lipinski definition) is 5. The highest BCUT2D eigenvalue weighted by molar-refractivity contribution is 5.91. The summed E-state index contributed by atoms with van der Waals surface area (Å²) in [7, 11) is 0. The van der Waals surface area contributed by atoms with Crippen molar-refractivity contribution in [2.75, 3.05) is 25.4 Å². The van der Waals surface area contributed by atoms with E-state index < -0.39 is 0 Å². The van der Waals surface area contributed by atoms with Gasteiger partial charge in [0.05, 0.1) is 11.4 Å². The molecular formula is C28H31N5O. The number of rotatable bonds is 6. The van der Waals surface area contributed by atoms with Crippen LogP contribution in [-0.4, -0.2) is 39.3 Å². The topological polar surface area (TPSA) is 69.2 Å². The molecule has 0 amide bonds. The van der Waals surface area contributed by atoms with Crippen LogP contribution < -0.4 is 10.5 Å². The zero-order valence-corrected chi connectivity index (χ0v) is 19.7. The van der Waals surface area contributed by atoms with Crippen molar-refractivity contribution in [3.8, 4) is 17.2 Å². The van der Waals surface area contributed by atoms with Gasteiger partial charge in [-0.15, -0.1) is 0 Å². The normalized spacial score (nSPS) is 19.9. The number of aromatic nitrogens is 3. The largest absolute Gasteiger partial charge is 0.457 e. The Morgan fingerprint density at radius 3 is 2.56 bits per heavy atom. The first-order valence-corrected chi connectivity index (χ1v) is 12.3. The molecule has 0 bridgehead atoms. The maximum atomic E-state index is 6.38. The predicted molar refractivity (Wildman–Crippen MR) is 136 cm³/mol. The number of piperidine rings is 1. The monoisotopic (exact) mass is 453 g/mol. The van der Waals surface area contributed by atoms with E-state index in [1.165, 1.54) is 32.4 Å². The summed E-state index contributed by atoms with van der Waals surface area (Å²) in [5.41, 5.74) is 9.89. The third kappa shape index (κ3) is 4.14. The number of hydrogen-bond donors (Lipinski definition) is 1. The van der Waals surface area contributed by atoms with Gasteiger partial charge in [-0.3, -0.25) is 0 Å². The Morgan fingerprint density at radius 2 is 1.79 bits per heavy atom. The van der Waals surface area contributed by atoms with Gasteiger partial charge in [-0.1, -0.05) is 25.1 Å². The quantitative estimate of drug-likeness (QED) is 0.401. The molecule has 0 spiro atoms. The predicted octanol–water partition coefficient (Wildman–Crippen LogP) is 5.77. The lowest BCUT2D eigenvalue weighted by Crippen LogP contribution is -2.37. The van der Waals surface area contributed by atoms with Crippen LogP contribution in [0.5, 0.6) is 11.5 Å². The first-order chi connectivity index (χ1) is 16.6. The molecule has 2 N–H and O–H groups in total. The molecule has 6 heteroatoms. The van der Waals surface area contributed by atoms with Gasteiger partial charge in [0.25, 0.3) is 0 Å². The minimum absolute atomic E-state index is 0.405. The fraction of sp³-hybridized carbons (Fsp3) is 0.357. The lowest BCUT2D eigenvalue weighted by atomic mass is 9.92. The van der Waals surface area contributed by atoms with Crippen LogP contribution in [0.15, 0.2) is 66.9 Å². The molecule has 1 saturated heterocycles. The smallest absolute Gasteiger partial charge is 0.150 e. The number of para-hydroxylation sites is 1. The molecule has 4 aromatic rings. The van der Waals surface area contributed by atoms with Gasteiger partial charge in [-0.2, -0.15) is 5.10 Å². The zero-order chi connectivity index (χ0) is 23.1. The number of ether oxygens (including phenoxy) is 1. The molecule has 2 fully saturated rings. The Labute approximate surface area is 200 Å². The maximum absolute atomic E-state index is 6.38. The summed E-state index contributed by atoms with van der Waals surface area (Å²) < 4.78 is 7.92. The molecule has 174 valence electrons. The van der Waals surface area contributed by atoms with E-state index in [0.717, 1.165) is 46.7 Å². The van der Waals surface area contributed by atoms with E-state index in [1.54, 1.807) is 6.20 Å². The Balaban J connectivity index is 1.31. The van der Waals surface area contributed by atoms with E-state index in [4.69, 9.17) is 15.6 Å². The van der Waals surface area contributed by atoms with Gasteiger partial charge >= 0.3 is 0 Å². The standard InChI is InChI=1S/C28H31N5O/c1-28(14-15-28)19-32-17-5-6-20(18-32)25-24-13-16-30-27(29)26(24)33(31-25)21-9-11-23(12-10-21)34-22-7-3-2-4-8-22/h2-4,7-13,16,20H,5-6,14-15,17-19H2,1H3,(H2,29,30)/t20-/m1/s1. The highest BCUT2D eigenvalue weighted by Crippen LogP contribution is 2.46. The van der Waals surface area contributed by atoms with Crippen molar-refractivity contribution in [3.63, 3.8) is 0 Å². The van der Waals surface area contributed by atoms with Gasteiger partial charge in [-0.05, 0) is 80.1 Å². The summed E-state index contributed by atoms with van der Waals surface area (Å²) in [4.78, 5) is 7.02. The molecule has 1 aliphatic carbocycles. The van der Waals surface area contributed by atoms with Crippen LogP contribution in [0.1, 0.15) is 44.2 Å². The highest BCUT2D eigenvalue weighted by atomic mass is 16.5. The van der Waals surface area contributed by atoms with Crippen LogP contribution in [0.3, 0.4) is 0 Å². The number of nitrogen functional groups attached to an aromatic ring is 1. The molecule has 2 aromatic heterocycles. The number of pyridine rings is 1. The van der Waals surface area contributed by atoms with Crippen molar-refractivity contribution in [2.24, 2.45) is 5.41 Å². The summed E-state index contributed by atoms with van der Waals surface area (Å²) in [6.07, 6.45) is 6.89. The summed E-state index contributed by atoms with van der Waals surface area (Å²) in [6.45, 7) is 5.87. The van der Waals surface area contributed by atoms with Crippen molar-refractivity contribution in [1.82, 2.24) is 19.7 Å². The third-order valence-corrected chi connectivity index (χ3v) is 7.31. The second-order valence-corrected chi connectivity index (χ2v) is 10.2. The fourth-order valence-corrected chi connectivity index (χ4v) is 5.21. The Kier molecular flexibility index (Phi) is 5.26. The maximum Gasteiger partial charge on any atom is 0.150 e. The number of fused-ring (bicyclic) bond motifs is 1. The van der Waals surface area contributed by atoms with E-state index in [9.17, 15) is 0 Å². The van der Waals surface area contributed by atoms with Gasteiger partial charge in [0.15, 0.2) is 0 Å². The van der Waals surface area contributed by atoms with Crippen LogP contribution in [-0.2, 0) is 0 Å². The molecule has 2 aromatic carbocycles. The molecule has 1 aliphatic heterocycles. The summed E-state index contributed by atoms with van der Waals surface area (Å²) in [5, 5.41) is 6.25. The lowest BCUT2D eigenvalue weighted by molar-refractivity contribution is 0.175. The number of benzene rings is 2. The average Bonchev–Trinajstić information content (AvgIpc) is 3.44. The Morgan fingerprint density at radius 1 is 1.03 bits per heavy atom. The van der Waals surface area contributed by atoms with Crippen LogP contribution in [0, 0.1) is 5.41 Å². The van der Waals surface area contributed by atoms with Crippen LogP contribution in [0.4, 0.5) is 5.82 Å². The van der Waals surface area contributed by atoms with Crippen LogP contribution in [0.25, 0.3) is 16.6 Å². The molecule has 6 rings (SSSR count). The SMILES string of the molecule is CC1(CN2CCC[C@@H](c3nn(-c4ccc(Oc5ccccc5)cc4)c4c(N)nccc34)C2)CC1. The number of nitrogens with zero attached hydrogens (tertiary/aromatic N) is 4. The number of likely N-dealkylation sites (tertiary alicyclic amines) is 1. The van der Waals surface area contributed by atoms with Crippen LogP contribution in [0.2, 0.25) is 0 Å². The van der Waals surface area contributed by atoms with Crippen molar-refractivity contribution >= 4 is 16.7 Å². The average molecular weight is 454 g/mol. The molecule has 1 saturated carbocycles. The Bertz CT molecular complexity index is 1290. The molecule has 34 heavy (non-hydrogen) atoms. The van der Waals surface area contributed by atoms with Gasteiger partial charge in [0.2, 0.25) is 0 Å². The lowest BCUT2D eigenvalue weighted by Gasteiger charge is -2.34. The van der Waals surface area contributed by atoms with Gasteiger partial charge in [-0.25, -0.2) is 9.67 Å². The van der Waals surface area contributed by atoms with Crippen molar-refractivity contribution < 1.29 is 4.74 Å². The minimum atomic E-state index is 0.405. The first kappa shape index (κ1) is 21.2. The third-order valence-electron chi connectivity index (χ3n) is 7.31. The van der Waals surface area contributed by atoms with E-state index in [2.05, 4.69) is 22.9 Å². The molecule has 0 radical (unpaired) electrons. The van der Waals surface area contributed by atoms with E-state index in [0.29, 0.717) is 17.2 Å². The van der Waals surface area contributed by atoms with E-state index in [1.807, 2.05) is 59.3 Å². The highest BCUT2D eigenvalue weighted by Gasteiger charge is 2.40. The minimum Gasteiger partial charge on any atom is -0.457 e. The molecule has 0 unspecified atom stereocenters. The Hall–Kier alpha value is -3.38. The van der Waals surface area contributed by atoms with Gasteiger partial charge in [0.1, 0.15) is 22.8 Å². The molecule has 6 nitrogen and oxygen atoms in total. The first-order valence-electron chi connectivity index (χ1n) is 12.3. The van der Waals surface area contributed by atoms with Crippen LogP contribution >= 0.6 is 0 Å².